The van der Waals surface area contributed by atoms with E-state index < -0.39 is 0 Å². The van der Waals surface area contributed by atoms with Gasteiger partial charge < -0.3 is 4.74 Å². The number of benzene rings is 1. The van der Waals surface area contributed by atoms with Crippen LogP contribution in [0.4, 0.5) is 0 Å². The van der Waals surface area contributed by atoms with Crippen LogP contribution in [0.3, 0.4) is 0 Å². The number of carbonyl (C=O) groups excluding carboxylic acids is 1. The second kappa shape index (κ2) is 4.14. The molecule has 1 heterocycles. The van der Waals surface area contributed by atoms with E-state index in [9.17, 15) is 4.79 Å². The second-order valence-electron chi connectivity index (χ2n) is 3.27. The van der Waals surface area contributed by atoms with E-state index >= 15 is 0 Å². The van der Waals surface area contributed by atoms with Gasteiger partial charge in [0.05, 0.1) is 18.4 Å². The highest BCUT2D eigenvalue weighted by Crippen LogP contribution is 2.09. The van der Waals surface area contributed by atoms with Crippen LogP contribution in [0.5, 0.6) is 0 Å². The molecule has 0 amide bonds. The molecule has 82 valence electrons. The van der Waals surface area contributed by atoms with Crippen LogP contribution in [0.15, 0.2) is 30.6 Å². The Hall–Kier alpha value is -2.17. The van der Waals surface area contributed by atoms with Crippen molar-refractivity contribution >= 4 is 5.97 Å². The number of aryl methyl sites for hydroxylation is 1. The van der Waals surface area contributed by atoms with Crippen molar-refractivity contribution in [3.63, 3.8) is 0 Å². The fourth-order valence-corrected chi connectivity index (χ4v) is 1.34. The average Bonchev–Trinajstić information content (AvgIpc) is 2.75. The van der Waals surface area contributed by atoms with Gasteiger partial charge in [-0.2, -0.15) is 5.10 Å². The van der Waals surface area contributed by atoms with Gasteiger partial charge in [0.15, 0.2) is 0 Å². The zero-order valence-corrected chi connectivity index (χ0v) is 9.04. The first-order chi connectivity index (χ1) is 7.70. The van der Waals surface area contributed by atoms with Crippen LogP contribution in [0, 0.1) is 6.92 Å². The lowest BCUT2D eigenvalue weighted by Crippen LogP contribution is -2.02. The Balaban J connectivity index is 2.29. The van der Waals surface area contributed by atoms with Gasteiger partial charge in [0.2, 0.25) is 0 Å². The molecule has 1 aromatic heterocycles. The number of aromatic nitrogens is 3. The largest absolute Gasteiger partial charge is 0.465 e. The number of ether oxygens (including phenoxy) is 1. The van der Waals surface area contributed by atoms with Crippen molar-refractivity contribution in [2.24, 2.45) is 0 Å². The molecule has 0 saturated carbocycles. The summed E-state index contributed by atoms with van der Waals surface area (Å²) in [4.78, 5) is 15.2. The number of hydrogen-bond acceptors (Lipinski definition) is 4. The summed E-state index contributed by atoms with van der Waals surface area (Å²) in [6.07, 6.45) is 1.63. The number of rotatable bonds is 2. The summed E-state index contributed by atoms with van der Waals surface area (Å²) in [6, 6.07) is 6.97. The summed E-state index contributed by atoms with van der Waals surface area (Å²) in [7, 11) is 1.36. The standard InChI is InChI=1S/C11H11N3O2/c1-8-12-7-14(13-8)10-5-3-9(4-6-10)11(15)16-2/h3-7H,1-2H3. The van der Waals surface area contributed by atoms with Crippen molar-refractivity contribution < 1.29 is 9.53 Å². The number of esters is 1. The number of carbonyl (C=O) groups is 1. The van der Waals surface area contributed by atoms with Gasteiger partial charge >= 0.3 is 5.97 Å². The monoisotopic (exact) mass is 217 g/mol. The van der Waals surface area contributed by atoms with E-state index in [1.807, 2.05) is 6.92 Å². The predicted octanol–water partition coefficient (Wildman–Crippen LogP) is 1.36. The van der Waals surface area contributed by atoms with Gasteiger partial charge in [0, 0.05) is 0 Å². The predicted molar refractivity (Wildman–Crippen MR) is 57.4 cm³/mol. The first kappa shape index (κ1) is 10.4. The molecule has 16 heavy (non-hydrogen) atoms. The Labute approximate surface area is 92.7 Å². The van der Waals surface area contributed by atoms with E-state index in [0.29, 0.717) is 11.4 Å². The maximum absolute atomic E-state index is 11.2. The Morgan fingerprint density at radius 3 is 2.50 bits per heavy atom. The Morgan fingerprint density at radius 1 is 1.31 bits per heavy atom. The molecule has 0 saturated heterocycles. The molecule has 0 atom stereocenters. The molecule has 0 fully saturated rings. The molecule has 0 spiro atoms. The minimum atomic E-state index is -0.346. The van der Waals surface area contributed by atoms with Gasteiger partial charge in [-0.25, -0.2) is 14.5 Å². The van der Waals surface area contributed by atoms with E-state index in [-0.39, 0.29) is 5.97 Å². The van der Waals surface area contributed by atoms with Crippen LogP contribution in [0.25, 0.3) is 5.69 Å². The average molecular weight is 217 g/mol. The highest BCUT2D eigenvalue weighted by Gasteiger charge is 2.05. The van der Waals surface area contributed by atoms with Crippen LogP contribution in [0.1, 0.15) is 16.2 Å². The lowest BCUT2D eigenvalue weighted by Gasteiger charge is -2.02. The number of hydrogen-bond donors (Lipinski definition) is 0. The van der Waals surface area contributed by atoms with Crippen molar-refractivity contribution in [3.05, 3.63) is 42.0 Å². The summed E-state index contributed by atoms with van der Waals surface area (Å²) < 4.78 is 6.26. The maximum atomic E-state index is 11.2. The van der Waals surface area contributed by atoms with Gasteiger partial charge in [-0.15, -0.1) is 0 Å². The van der Waals surface area contributed by atoms with Gasteiger partial charge in [0.1, 0.15) is 12.2 Å². The lowest BCUT2D eigenvalue weighted by atomic mass is 10.2. The molecule has 0 unspecified atom stereocenters. The highest BCUT2D eigenvalue weighted by molar-refractivity contribution is 5.89. The van der Waals surface area contributed by atoms with Crippen molar-refractivity contribution in [2.75, 3.05) is 7.11 Å². The van der Waals surface area contributed by atoms with Gasteiger partial charge in [-0.1, -0.05) is 0 Å². The van der Waals surface area contributed by atoms with Crippen molar-refractivity contribution in [1.29, 1.82) is 0 Å². The molecule has 0 bridgehead atoms. The zero-order valence-electron chi connectivity index (χ0n) is 9.04. The summed E-state index contributed by atoms with van der Waals surface area (Å²) in [6.45, 7) is 1.82. The molecule has 2 rings (SSSR count). The van der Waals surface area contributed by atoms with Crippen LogP contribution in [-0.4, -0.2) is 27.8 Å². The molecular formula is C11H11N3O2. The van der Waals surface area contributed by atoms with E-state index in [1.165, 1.54) is 7.11 Å². The first-order valence-electron chi connectivity index (χ1n) is 4.78. The number of nitrogens with zero attached hydrogens (tertiary/aromatic N) is 3. The van der Waals surface area contributed by atoms with Crippen LogP contribution in [-0.2, 0) is 4.74 Å². The molecule has 0 aliphatic carbocycles. The molecular weight excluding hydrogens is 206 g/mol. The van der Waals surface area contributed by atoms with Crippen LogP contribution < -0.4 is 0 Å². The molecule has 2 aromatic rings. The smallest absolute Gasteiger partial charge is 0.337 e. The third-order valence-electron chi connectivity index (χ3n) is 2.16. The van der Waals surface area contributed by atoms with E-state index in [1.54, 1.807) is 35.3 Å². The minimum Gasteiger partial charge on any atom is -0.465 e. The molecule has 0 aliphatic rings. The molecule has 1 aromatic carbocycles. The minimum absolute atomic E-state index is 0.346. The van der Waals surface area contributed by atoms with Crippen molar-refractivity contribution in [1.82, 2.24) is 14.8 Å². The summed E-state index contributed by atoms with van der Waals surface area (Å²) >= 11 is 0. The Morgan fingerprint density at radius 2 is 2.00 bits per heavy atom. The highest BCUT2D eigenvalue weighted by atomic mass is 16.5. The molecule has 5 heteroatoms. The van der Waals surface area contributed by atoms with Gasteiger partial charge in [0.25, 0.3) is 0 Å². The summed E-state index contributed by atoms with van der Waals surface area (Å²) in [5, 5.41) is 4.16. The Kier molecular flexibility index (Phi) is 2.68. The zero-order chi connectivity index (χ0) is 11.5. The van der Waals surface area contributed by atoms with E-state index in [0.717, 1.165) is 5.69 Å². The summed E-state index contributed by atoms with van der Waals surface area (Å²) in [5.41, 5.74) is 1.37. The number of methoxy groups -OCH3 is 1. The lowest BCUT2D eigenvalue weighted by molar-refractivity contribution is 0.0601. The van der Waals surface area contributed by atoms with Crippen molar-refractivity contribution in [3.8, 4) is 5.69 Å². The molecule has 0 radical (unpaired) electrons. The quantitative estimate of drug-likeness (QED) is 0.713. The van der Waals surface area contributed by atoms with Gasteiger partial charge in [-0.05, 0) is 31.2 Å². The third-order valence-corrected chi connectivity index (χ3v) is 2.16. The van der Waals surface area contributed by atoms with Crippen molar-refractivity contribution in [2.45, 2.75) is 6.92 Å². The van der Waals surface area contributed by atoms with Crippen LogP contribution in [0.2, 0.25) is 0 Å². The van der Waals surface area contributed by atoms with E-state index in [4.69, 9.17) is 0 Å². The fourth-order valence-electron chi connectivity index (χ4n) is 1.34. The summed E-state index contributed by atoms with van der Waals surface area (Å²) in [5.74, 6) is 0.360. The van der Waals surface area contributed by atoms with Gasteiger partial charge in [-0.3, -0.25) is 0 Å². The third kappa shape index (κ3) is 1.93. The molecule has 0 N–H and O–H groups in total. The maximum Gasteiger partial charge on any atom is 0.337 e. The second-order valence-corrected chi connectivity index (χ2v) is 3.27. The Bertz CT molecular complexity index is 502. The fraction of sp³-hybridized carbons (Fsp3) is 0.182. The SMILES string of the molecule is COC(=O)c1ccc(-n2cnc(C)n2)cc1. The van der Waals surface area contributed by atoms with E-state index in [2.05, 4.69) is 14.8 Å². The molecule has 5 nitrogen and oxygen atoms in total. The van der Waals surface area contributed by atoms with Crippen LogP contribution >= 0.6 is 0 Å². The first-order valence-corrected chi connectivity index (χ1v) is 4.78. The normalized spacial score (nSPS) is 10.1. The topological polar surface area (TPSA) is 57.0 Å². The molecule has 0 aliphatic heterocycles.